The molecule has 0 aromatic rings. The first-order chi connectivity index (χ1) is 11.5. The molecule has 0 atom stereocenters. The number of allylic oxidation sites excluding steroid dienone is 1. The number of hydrogen-bond acceptors (Lipinski definition) is 1. The maximum absolute atomic E-state index is 10.5. The first kappa shape index (κ1) is 34.7. The lowest BCUT2D eigenvalue weighted by Crippen LogP contribution is -1.89. The average Bonchev–Trinajstić information content (AvgIpc) is 2.66. The third kappa shape index (κ3) is 101. The largest absolute Gasteiger partial charge is 0.295 e. The van der Waals surface area contributed by atoms with Crippen LogP contribution < -0.4 is 0 Å². The molecule has 24 heavy (non-hydrogen) atoms. The highest BCUT2D eigenvalue weighted by molar-refractivity contribution is 5.88. The van der Waals surface area contributed by atoms with Crippen LogP contribution in [0, 0.1) is 0 Å². The molecule has 0 saturated heterocycles. The fourth-order valence-electron chi connectivity index (χ4n) is 0.453. The molecule has 0 radical (unpaired) electrons. The van der Waals surface area contributed by atoms with E-state index in [2.05, 4.69) is 68.9 Å². The number of hydrogen-bond donors (Lipinski definition) is 0. The van der Waals surface area contributed by atoms with Crippen molar-refractivity contribution in [2.45, 2.75) is 133 Å². The van der Waals surface area contributed by atoms with Crippen LogP contribution >= 0.6 is 0 Å². The summed E-state index contributed by atoms with van der Waals surface area (Å²) in [6.07, 6.45) is 14.7. The lowest BCUT2D eigenvalue weighted by Gasteiger charge is -1.88. The topological polar surface area (TPSA) is 17.1 Å². The summed E-state index contributed by atoms with van der Waals surface area (Å²) in [5, 5.41) is 0. The predicted molar refractivity (Wildman–Crippen MR) is 117 cm³/mol. The highest BCUT2D eigenvalue weighted by atomic mass is 16.1. The van der Waals surface area contributed by atoms with E-state index in [1.807, 2.05) is 0 Å². The summed E-state index contributed by atoms with van der Waals surface area (Å²) in [7, 11) is 0. The summed E-state index contributed by atoms with van der Waals surface area (Å²) >= 11 is 0. The molecule has 0 aliphatic rings. The molecule has 1 heteroatoms. The van der Waals surface area contributed by atoms with Crippen molar-refractivity contribution < 1.29 is 4.79 Å². The van der Waals surface area contributed by atoms with Crippen LogP contribution in [0.2, 0.25) is 0 Å². The molecule has 150 valence electrons. The van der Waals surface area contributed by atoms with Gasteiger partial charge in [0, 0.05) is 6.42 Å². The average molecular weight is 345 g/mol. The van der Waals surface area contributed by atoms with Gasteiger partial charge in [0.25, 0.3) is 0 Å². The summed E-state index contributed by atoms with van der Waals surface area (Å²) in [4.78, 5) is 10.5. The van der Waals surface area contributed by atoms with Crippen LogP contribution in [0.3, 0.4) is 0 Å². The number of ketones is 1. The molecule has 0 heterocycles. The number of unbranched alkanes of at least 4 members (excludes halogenated alkanes) is 5. The van der Waals surface area contributed by atoms with Crippen molar-refractivity contribution in [2.24, 2.45) is 0 Å². The Bertz CT molecular complexity index is 149. The zero-order chi connectivity index (χ0) is 20.1. The molecule has 0 rings (SSSR count). The Morgan fingerprint density at radius 2 is 0.833 bits per heavy atom. The normalized spacial score (nSPS) is 7.88. The Labute approximate surface area is 156 Å². The Morgan fingerprint density at radius 1 is 0.583 bits per heavy atom. The van der Waals surface area contributed by atoms with Crippen molar-refractivity contribution in [3.05, 3.63) is 12.7 Å². The fourth-order valence-corrected chi connectivity index (χ4v) is 0.453. The van der Waals surface area contributed by atoms with Gasteiger partial charge in [-0.2, -0.15) is 0 Å². The van der Waals surface area contributed by atoms with Crippen LogP contribution in [0.15, 0.2) is 12.7 Å². The molecular formula is C23H52O. The molecule has 0 fully saturated rings. The fraction of sp³-hybridized carbons (Fsp3) is 0.870. The van der Waals surface area contributed by atoms with Crippen LogP contribution in [0.4, 0.5) is 0 Å². The van der Waals surface area contributed by atoms with Gasteiger partial charge in [0.15, 0.2) is 5.78 Å². The first-order valence-electron chi connectivity index (χ1n) is 10.6. The smallest absolute Gasteiger partial charge is 0.155 e. The minimum atomic E-state index is 0.159. The van der Waals surface area contributed by atoms with Gasteiger partial charge in [-0.1, -0.05) is 127 Å². The molecule has 0 spiro atoms. The lowest BCUT2D eigenvalue weighted by atomic mass is 10.2. The van der Waals surface area contributed by atoms with E-state index in [-0.39, 0.29) is 5.78 Å². The zero-order valence-electron chi connectivity index (χ0n) is 19.0. The van der Waals surface area contributed by atoms with E-state index in [0.29, 0.717) is 6.42 Å². The molecule has 0 aromatic carbocycles. The number of carbonyl (C=O) groups is 1. The maximum atomic E-state index is 10.5. The highest BCUT2D eigenvalue weighted by Gasteiger charge is 1.90. The molecule has 0 bridgehead atoms. The van der Waals surface area contributed by atoms with Gasteiger partial charge >= 0.3 is 0 Å². The molecule has 1 nitrogen and oxygen atoms in total. The van der Waals surface area contributed by atoms with Gasteiger partial charge in [-0.15, -0.1) is 0 Å². The number of carbonyl (C=O) groups excluding carboxylic acids is 1. The Kier molecular flexibility index (Phi) is 71.5. The maximum Gasteiger partial charge on any atom is 0.155 e. The van der Waals surface area contributed by atoms with E-state index in [1.54, 1.807) is 0 Å². The molecule has 0 amide bonds. The van der Waals surface area contributed by atoms with Crippen molar-refractivity contribution in [3.63, 3.8) is 0 Å². The van der Waals surface area contributed by atoms with Crippen LogP contribution in [0.5, 0.6) is 0 Å². The van der Waals surface area contributed by atoms with Crippen molar-refractivity contribution in [2.75, 3.05) is 0 Å². The first-order valence-corrected chi connectivity index (χ1v) is 10.6. The van der Waals surface area contributed by atoms with Gasteiger partial charge < -0.3 is 0 Å². The minimum Gasteiger partial charge on any atom is -0.295 e. The Balaban J connectivity index is -0.0000000657. The van der Waals surface area contributed by atoms with Gasteiger partial charge in [-0.3, -0.25) is 4.79 Å². The second-order valence-electron chi connectivity index (χ2n) is 5.77. The van der Waals surface area contributed by atoms with Crippen molar-refractivity contribution in [3.8, 4) is 0 Å². The summed E-state index contributed by atoms with van der Waals surface area (Å²) in [5.74, 6) is 0.159. The summed E-state index contributed by atoms with van der Waals surface area (Å²) in [6, 6.07) is 0. The monoisotopic (exact) mass is 344 g/mol. The van der Waals surface area contributed by atoms with Crippen LogP contribution in [-0.2, 0) is 4.79 Å². The van der Waals surface area contributed by atoms with Gasteiger partial charge in [-0.05, 0) is 12.5 Å². The second-order valence-corrected chi connectivity index (χ2v) is 5.77. The molecule has 0 N–H and O–H groups in total. The summed E-state index contributed by atoms with van der Waals surface area (Å²) < 4.78 is 0. The van der Waals surface area contributed by atoms with E-state index in [9.17, 15) is 4.79 Å². The molecule has 0 aliphatic carbocycles. The second kappa shape index (κ2) is 49.5. The molecule has 0 unspecified atom stereocenters. The summed E-state index contributed by atoms with van der Waals surface area (Å²) in [5.41, 5.74) is 0. The van der Waals surface area contributed by atoms with Gasteiger partial charge in [0.1, 0.15) is 0 Å². The molecule has 0 saturated carbocycles. The van der Waals surface area contributed by atoms with Gasteiger partial charge in [0.05, 0.1) is 0 Å². The van der Waals surface area contributed by atoms with E-state index < -0.39 is 0 Å². The van der Waals surface area contributed by atoms with Gasteiger partial charge in [0.2, 0.25) is 0 Å². The SMILES string of the molecule is C=CC(=O)CCCC.CCCC.CCCC.CCCC.CCCC. The standard InChI is InChI=1S/C7H12O.4C4H10/c1-3-5-6-7(8)4-2;4*1-3-4-2/h4H,2-3,5-6H2,1H3;4*3-4H2,1-2H3. The van der Waals surface area contributed by atoms with Crippen LogP contribution in [0.1, 0.15) is 133 Å². The highest BCUT2D eigenvalue weighted by Crippen LogP contribution is 1.94. The minimum absolute atomic E-state index is 0.159. The third-order valence-electron chi connectivity index (χ3n) is 3.00. The van der Waals surface area contributed by atoms with Crippen LogP contribution in [-0.4, -0.2) is 5.78 Å². The zero-order valence-corrected chi connectivity index (χ0v) is 19.0. The van der Waals surface area contributed by atoms with E-state index in [4.69, 9.17) is 0 Å². The molecule has 0 aromatic heterocycles. The van der Waals surface area contributed by atoms with E-state index in [0.717, 1.165) is 12.8 Å². The number of rotatable bonds is 8. The Morgan fingerprint density at radius 3 is 0.958 bits per heavy atom. The van der Waals surface area contributed by atoms with Crippen LogP contribution in [0.25, 0.3) is 0 Å². The van der Waals surface area contributed by atoms with Gasteiger partial charge in [-0.25, -0.2) is 0 Å². The van der Waals surface area contributed by atoms with Crippen molar-refractivity contribution >= 4 is 5.78 Å². The quantitative estimate of drug-likeness (QED) is 0.401. The van der Waals surface area contributed by atoms with Crippen molar-refractivity contribution in [1.82, 2.24) is 0 Å². The van der Waals surface area contributed by atoms with E-state index in [1.165, 1.54) is 57.4 Å². The Hall–Kier alpha value is -0.590. The predicted octanol–water partition coefficient (Wildman–Crippen LogP) is 9.16. The van der Waals surface area contributed by atoms with Crippen molar-refractivity contribution in [1.29, 1.82) is 0 Å². The molecule has 0 aliphatic heterocycles. The lowest BCUT2D eigenvalue weighted by molar-refractivity contribution is -0.114. The summed E-state index contributed by atoms with van der Waals surface area (Å²) in [6.45, 7) is 22.9. The molecular weight excluding hydrogens is 292 g/mol. The van der Waals surface area contributed by atoms with E-state index >= 15 is 0 Å². The third-order valence-corrected chi connectivity index (χ3v) is 3.00.